The van der Waals surface area contributed by atoms with Crippen molar-refractivity contribution in [3.8, 4) is 0 Å². The SMILES string of the molecule is C=C1SC2=C(C=CC2)[N]1[Rb]. The molecular weight excluding hydrogens is 216 g/mol. The molecule has 0 saturated carbocycles. The van der Waals surface area contributed by atoms with Gasteiger partial charge in [-0.25, -0.2) is 0 Å². The summed E-state index contributed by atoms with van der Waals surface area (Å²) in [6, 6.07) is 0. The minimum absolute atomic E-state index is 0.549. The van der Waals surface area contributed by atoms with Gasteiger partial charge in [0.25, 0.3) is 0 Å². The summed E-state index contributed by atoms with van der Waals surface area (Å²) >= 11 is 2.39. The van der Waals surface area contributed by atoms with Crippen molar-refractivity contribution in [3.63, 3.8) is 0 Å². The Labute approximate surface area is 105 Å². The van der Waals surface area contributed by atoms with Crippen LogP contribution in [-0.4, -0.2) is 54.7 Å². The van der Waals surface area contributed by atoms with Gasteiger partial charge in [-0.05, 0) is 0 Å². The number of rotatable bonds is 0. The molecule has 0 fully saturated rings. The first-order chi connectivity index (χ1) is 4.79. The Balaban J connectivity index is 2.37. The molecule has 0 aromatic rings. The average Bonchev–Trinajstić information content (AvgIpc) is 2.41. The van der Waals surface area contributed by atoms with E-state index < -0.39 is 0 Å². The molecule has 1 heterocycles. The second-order valence-corrected chi connectivity index (χ2v) is 5.84. The van der Waals surface area contributed by atoms with Gasteiger partial charge in [-0.3, -0.25) is 0 Å². The van der Waals surface area contributed by atoms with Gasteiger partial charge < -0.3 is 0 Å². The van der Waals surface area contributed by atoms with Crippen molar-refractivity contribution in [2.24, 2.45) is 0 Å². The van der Waals surface area contributed by atoms with Crippen molar-refractivity contribution >= 4 is 67.8 Å². The fraction of sp³-hybridized carbons (Fsp3) is 0.143. The summed E-state index contributed by atoms with van der Waals surface area (Å²) in [6.45, 7) is 3.98. The standard InChI is InChI=1S/C7H6NS.Rb/c1-5-8-6-3-2-4-7(6)9-5;/h2-3H,1,4H2;/q-1;+1. The van der Waals surface area contributed by atoms with Crippen LogP contribution in [0, 0.1) is 0 Å². The maximum absolute atomic E-state index is 3.98. The summed E-state index contributed by atoms with van der Waals surface area (Å²) in [6.07, 6.45) is 5.58. The van der Waals surface area contributed by atoms with Crippen molar-refractivity contribution in [1.82, 2.24) is -1.36 Å². The van der Waals surface area contributed by atoms with Crippen LogP contribution in [0.4, 0.5) is 0 Å². The van der Waals surface area contributed by atoms with Crippen LogP contribution in [0.5, 0.6) is 0 Å². The van der Waals surface area contributed by atoms with Crippen LogP contribution in [0.1, 0.15) is 6.42 Å². The first-order valence-corrected chi connectivity index (χ1v) is 6.31. The molecule has 0 saturated heterocycles. The zero-order valence-electron chi connectivity index (χ0n) is 5.92. The Morgan fingerprint density at radius 3 is 3.20 bits per heavy atom. The van der Waals surface area contributed by atoms with E-state index in [0.29, 0.717) is 56.0 Å². The molecule has 0 spiro atoms. The Morgan fingerprint density at radius 1 is 1.70 bits per heavy atom. The molecule has 46 valence electrons. The minimum atomic E-state index is 0.549. The third-order valence-electron chi connectivity index (χ3n) is 1.84. The van der Waals surface area contributed by atoms with Crippen LogP contribution in [0.25, 0.3) is 0 Å². The molecule has 0 radical (unpaired) electrons. The quantitative estimate of drug-likeness (QED) is 0.613. The number of hydrogen-bond donors (Lipinski definition) is 0. The van der Waals surface area contributed by atoms with Gasteiger partial charge in [-0.1, -0.05) is 0 Å². The van der Waals surface area contributed by atoms with E-state index >= 15 is 0 Å². The Bertz CT molecular complexity index is 254. The van der Waals surface area contributed by atoms with Gasteiger partial charge in [0.05, 0.1) is 0 Å². The molecule has 0 amide bonds. The number of thioether (sulfide) groups is 1. The fourth-order valence-electron chi connectivity index (χ4n) is 1.21. The number of allylic oxidation sites excluding steroid dienone is 3. The van der Waals surface area contributed by atoms with Gasteiger partial charge in [0.2, 0.25) is 0 Å². The molecule has 0 bridgehead atoms. The third-order valence-corrected chi connectivity index (χ3v) is 6.28. The zero-order valence-corrected chi connectivity index (χ0v) is 11.7. The number of hydrogen-bond acceptors (Lipinski definition) is 2. The molecule has 0 aromatic carbocycles. The molecule has 10 heavy (non-hydrogen) atoms. The van der Waals surface area contributed by atoms with Crippen LogP contribution in [-0.2, 0) is 0 Å². The summed E-state index contributed by atoms with van der Waals surface area (Å²) in [5, 5.41) is 1.24. The van der Waals surface area contributed by atoms with Gasteiger partial charge in [-0.2, -0.15) is 0 Å². The van der Waals surface area contributed by atoms with Gasteiger partial charge in [-0.15, -0.1) is 0 Å². The van der Waals surface area contributed by atoms with Crippen LogP contribution in [0.2, 0.25) is 0 Å². The van der Waals surface area contributed by atoms with Gasteiger partial charge in [0, 0.05) is 0 Å². The predicted octanol–water partition coefficient (Wildman–Crippen LogP) is 1.76. The molecule has 2 rings (SSSR count). The second-order valence-electron chi connectivity index (χ2n) is 2.47. The molecule has 3 heteroatoms. The first kappa shape index (κ1) is 7.81. The molecule has 2 aliphatic rings. The van der Waals surface area contributed by atoms with E-state index in [4.69, 9.17) is 0 Å². The molecule has 0 aromatic heterocycles. The van der Waals surface area contributed by atoms with Crippen molar-refractivity contribution in [3.05, 3.63) is 34.4 Å². The van der Waals surface area contributed by atoms with Crippen molar-refractivity contribution < 1.29 is 0 Å². The summed E-state index contributed by atoms with van der Waals surface area (Å²) < 4.78 is 2.35. The molecule has 1 aliphatic carbocycles. The summed E-state index contributed by atoms with van der Waals surface area (Å²) in [4.78, 5) is 1.50. The monoisotopic (exact) mass is 221 g/mol. The topological polar surface area (TPSA) is 3.24 Å². The van der Waals surface area contributed by atoms with E-state index in [1.807, 2.05) is 11.8 Å². The predicted molar refractivity (Wildman–Crippen MR) is 45.1 cm³/mol. The van der Waals surface area contributed by atoms with Crippen molar-refractivity contribution in [2.45, 2.75) is 6.42 Å². The molecule has 0 unspecified atom stereocenters. The summed E-state index contributed by atoms with van der Waals surface area (Å²) in [5.41, 5.74) is 1.44. The summed E-state index contributed by atoms with van der Waals surface area (Å²) in [5.74, 6) is 0. The van der Waals surface area contributed by atoms with Crippen molar-refractivity contribution in [1.29, 1.82) is 0 Å². The first-order valence-electron chi connectivity index (χ1n) is 3.29. The molecule has 0 atom stereocenters. The van der Waals surface area contributed by atoms with E-state index in [1.54, 1.807) is 0 Å². The van der Waals surface area contributed by atoms with E-state index in [-0.39, 0.29) is 0 Å². The average molecular weight is 222 g/mol. The van der Waals surface area contributed by atoms with Gasteiger partial charge in [0.15, 0.2) is 0 Å². The third kappa shape index (κ3) is 1.14. The van der Waals surface area contributed by atoms with Crippen LogP contribution < -0.4 is 0 Å². The molecule has 1 nitrogen and oxygen atoms in total. The van der Waals surface area contributed by atoms with Crippen LogP contribution in [0.3, 0.4) is 0 Å². The normalized spacial score (nSPS) is 23.0. The Hall–Kier alpha value is 1.18. The van der Waals surface area contributed by atoms with E-state index in [0.717, 1.165) is 6.42 Å². The molecule has 1 aliphatic heterocycles. The zero-order chi connectivity index (χ0) is 7.14. The van der Waals surface area contributed by atoms with E-state index in [1.165, 1.54) is 15.6 Å². The summed E-state index contributed by atoms with van der Waals surface area (Å²) in [7, 11) is 0. The van der Waals surface area contributed by atoms with Crippen molar-refractivity contribution in [2.75, 3.05) is 0 Å². The van der Waals surface area contributed by atoms with Gasteiger partial charge in [0.1, 0.15) is 0 Å². The van der Waals surface area contributed by atoms with Gasteiger partial charge >= 0.3 is 107 Å². The Kier molecular flexibility index (Phi) is 2.27. The maximum atomic E-state index is 3.98. The second kappa shape index (κ2) is 2.90. The van der Waals surface area contributed by atoms with Crippen LogP contribution >= 0.6 is 11.8 Å². The number of nitrogens with zero attached hydrogens (tertiary/aromatic N) is 1. The van der Waals surface area contributed by atoms with E-state index in [9.17, 15) is 0 Å². The Morgan fingerprint density at radius 2 is 2.50 bits per heavy atom. The van der Waals surface area contributed by atoms with E-state index in [2.05, 4.69) is 17.4 Å². The fourth-order valence-corrected chi connectivity index (χ4v) is 4.32. The van der Waals surface area contributed by atoms with Crippen LogP contribution in [0.15, 0.2) is 34.4 Å². The molecular formula is C7H6NRbS. The molecule has 0 N–H and O–H groups in total.